The van der Waals surface area contributed by atoms with E-state index in [1.165, 1.54) is 6.07 Å². The van der Waals surface area contributed by atoms with E-state index < -0.39 is 0 Å². The minimum Gasteiger partial charge on any atom is -0.330 e. The van der Waals surface area contributed by atoms with Gasteiger partial charge in [0.1, 0.15) is 5.82 Å². The summed E-state index contributed by atoms with van der Waals surface area (Å²) >= 11 is 6.13. The summed E-state index contributed by atoms with van der Waals surface area (Å²) in [5.41, 5.74) is 7.15. The van der Waals surface area contributed by atoms with Crippen LogP contribution in [0.25, 0.3) is 0 Å². The minimum absolute atomic E-state index is 0.0461. The maximum absolute atomic E-state index is 13.5. The predicted molar refractivity (Wildman–Crippen MR) is 75.3 cm³/mol. The van der Waals surface area contributed by atoms with Gasteiger partial charge in [-0.3, -0.25) is 0 Å². The van der Waals surface area contributed by atoms with Gasteiger partial charge in [0.05, 0.1) is 0 Å². The second-order valence-corrected chi connectivity index (χ2v) is 6.14. The third kappa shape index (κ3) is 4.23. The van der Waals surface area contributed by atoms with Crippen molar-refractivity contribution in [2.75, 3.05) is 20.1 Å². The van der Waals surface area contributed by atoms with E-state index in [2.05, 4.69) is 18.7 Å². The highest BCUT2D eigenvalue weighted by Crippen LogP contribution is 2.23. The Labute approximate surface area is 114 Å². The molecule has 0 fully saturated rings. The van der Waals surface area contributed by atoms with Crippen molar-refractivity contribution >= 4 is 11.6 Å². The predicted octanol–water partition coefficient (Wildman–Crippen LogP) is 3.20. The van der Waals surface area contributed by atoms with Crippen molar-refractivity contribution < 1.29 is 4.39 Å². The summed E-state index contributed by atoms with van der Waals surface area (Å²) in [6.07, 6.45) is 0. The Morgan fingerprint density at radius 3 is 2.56 bits per heavy atom. The molecule has 0 saturated heterocycles. The highest BCUT2D eigenvalue weighted by Gasteiger charge is 2.18. The first-order chi connectivity index (χ1) is 8.25. The molecule has 18 heavy (non-hydrogen) atoms. The van der Waals surface area contributed by atoms with Crippen LogP contribution in [0.15, 0.2) is 12.1 Å². The molecule has 0 unspecified atom stereocenters. The molecular formula is C14H22ClFN2. The van der Waals surface area contributed by atoms with Crippen molar-refractivity contribution in [1.82, 2.24) is 4.90 Å². The van der Waals surface area contributed by atoms with Crippen LogP contribution in [-0.2, 0) is 6.54 Å². The Hall–Kier alpha value is -0.640. The molecule has 4 heteroatoms. The Bertz CT molecular complexity index is 419. The van der Waals surface area contributed by atoms with Crippen LogP contribution in [0.4, 0.5) is 4.39 Å². The van der Waals surface area contributed by atoms with Crippen molar-refractivity contribution in [2.45, 2.75) is 27.3 Å². The average molecular weight is 273 g/mol. The van der Waals surface area contributed by atoms with Gasteiger partial charge in [-0.2, -0.15) is 0 Å². The van der Waals surface area contributed by atoms with E-state index in [-0.39, 0.29) is 11.2 Å². The maximum Gasteiger partial charge on any atom is 0.126 e. The standard InChI is InChI=1S/C14H22ClFN2/c1-10-5-12(15)11(6-13(10)16)7-18(4)9-14(2,3)8-17/h5-6H,7-9,17H2,1-4H3. The summed E-state index contributed by atoms with van der Waals surface area (Å²) in [6, 6.07) is 3.19. The second kappa shape index (κ2) is 6.00. The lowest BCUT2D eigenvalue weighted by atomic mass is 9.93. The first kappa shape index (κ1) is 15.4. The van der Waals surface area contributed by atoms with Gasteiger partial charge in [0.2, 0.25) is 0 Å². The molecule has 1 aromatic carbocycles. The largest absolute Gasteiger partial charge is 0.330 e. The molecule has 0 heterocycles. The van der Waals surface area contributed by atoms with Crippen molar-refractivity contribution in [1.29, 1.82) is 0 Å². The van der Waals surface area contributed by atoms with Gasteiger partial charge in [-0.1, -0.05) is 25.4 Å². The average Bonchev–Trinajstić information content (AvgIpc) is 2.25. The van der Waals surface area contributed by atoms with Crippen LogP contribution >= 0.6 is 11.6 Å². The quantitative estimate of drug-likeness (QED) is 0.892. The van der Waals surface area contributed by atoms with Gasteiger partial charge in [-0.05, 0) is 49.2 Å². The lowest BCUT2D eigenvalue weighted by molar-refractivity contribution is 0.210. The van der Waals surface area contributed by atoms with Crippen molar-refractivity contribution in [2.24, 2.45) is 11.1 Å². The van der Waals surface area contributed by atoms with Gasteiger partial charge in [-0.25, -0.2) is 4.39 Å². The molecule has 0 aliphatic rings. The first-order valence-corrected chi connectivity index (χ1v) is 6.46. The Morgan fingerprint density at radius 1 is 1.39 bits per heavy atom. The van der Waals surface area contributed by atoms with Crippen LogP contribution in [-0.4, -0.2) is 25.0 Å². The SMILES string of the molecule is Cc1cc(Cl)c(CN(C)CC(C)(C)CN)cc1F. The number of hydrogen-bond donors (Lipinski definition) is 1. The molecule has 1 aromatic rings. The Morgan fingerprint density at radius 2 is 2.00 bits per heavy atom. The van der Waals surface area contributed by atoms with E-state index in [0.717, 1.165) is 12.1 Å². The van der Waals surface area contributed by atoms with E-state index in [1.54, 1.807) is 13.0 Å². The molecule has 1 rings (SSSR count). The Kier molecular flexibility index (Phi) is 5.14. The summed E-state index contributed by atoms with van der Waals surface area (Å²) in [7, 11) is 1.99. The van der Waals surface area contributed by atoms with Gasteiger partial charge in [-0.15, -0.1) is 0 Å². The number of hydrogen-bond acceptors (Lipinski definition) is 2. The fourth-order valence-corrected chi connectivity index (χ4v) is 2.23. The monoisotopic (exact) mass is 272 g/mol. The molecule has 0 aliphatic carbocycles. The molecule has 0 atom stereocenters. The lowest BCUT2D eigenvalue weighted by Crippen LogP contribution is -2.36. The molecular weight excluding hydrogens is 251 g/mol. The van der Waals surface area contributed by atoms with Crippen LogP contribution in [0.1, 0.15) is 25.0 Å². The van der Waals surface area contributed by atoms with Gasteiger partial charge >= 0.3 is 0 Å². The van der Waals surface area contributed by atoms with Gasteiger partial charge < -0.3 is 10.6 Å². The molecule has 0 aliphatic heterocycles. The summed E-state index contributed by atoms with van der Waals surface area (Å²) in [4.78, 5) is 2.11. The topological polar surface area (TPSA) is 29.3 Å². The number of benzene rings is 1. The van der Waals surface area contributed by atoms with Gasteiger partial charge in [0.25, 0.3) is 0 Å². The summed E-state index contributed by atoms with van der Waals surface area (Å²) in [5, 5.41) is 0.617. The number of aryl methyl sites for hydroxylation is 1. The minimum atomic E-state index is -0.208. The van der Waals surface area contributed by atoms with E-state index in [9.17, 15) is 4.39 Å². The highest BCUT2D eigenvalue weighted by atomic mass is 35.5. The third-order valence-corrected chi connectivity index (χ3v) is 3.37. The molecule has 0 spiro atoms. The fourth-order valence-electron chi connectivity index (χ4n) is 1.95. The lowest BCUT2D eigenvalue weighted by Gasteiger charge is -2.29. The molecule has 0 amide bonds. The van der Waals surface area contributed by atoms with Crippen LogP contribution in [0, 0.1) is 18.2 Å². The normalized spacial score (nSPS) is 12.2. The van der Waals surface area contributed by atoms with Crippen LogP contribution < -0.4 is 5.73 Å². The van der Waals surface area contributed by atoms with Crippen LogP contribution in [0.3, 0.4) is 0 Å². The number of nitrogens with two attached hydrogens (primary N) is 1. The zero-order valence-corrected chi connectivity index (χ0v) is 12.3. The molecule has 2 N–H and O–H groups in total. The van der Waals surface area contributed by atoms with Gasteiger partial charge in [0.15, 0.2) is 0 Å². The van der Waals surface area contributed by atoms with Crippen LogP contribution in [0.5, 0.6) is 0 Å². The zero-order chi connectivity index (χ0) is 13.9. The number of rotatable bonds is 5. The summed E-state index contributed by atoms with van der Waals surface area (Å²) in [5.74, 6) is -0.208. The molecule has 2 nitrogen and oxygen atoms in total. The fraction of sp³-hybridized carbons (Fsp3) is 0.571. The molecule has 102 valence electrons. The van der Waals surface area contributed by atoms with Crippen molar-refractivity contribution in [3.05, 3.63) is 34.1 Å². The highest BCUT2D eigenvalue weighted by molar-refractivity contribution is 6.31. The smallest absolute Gasteiger partial charge is 0.126 e. The molecule has 0 aromatic heterocycles. The maximum atomic E-state index is 13.5. The second-order valence-electron chi connectivity index (χ2n) is 5.73. The molecule has 0 saturated carbocycles. The van der Waals surface area contributed by atoms with E-state index in [0.29, 0.717) is 23.7 Å². The zero-order valence-electron chi connectivity index (χ0n) is 11.6. The van der Waals surface area contributed by atoms with E-state index in [1.807, 2.05) is 7.05 Å². The van der Waals surface area contributed by atoms with Crippen molar-refractivity contribution in [3.8, 4) is 0 Å². The third-order valence-electron chi connectivity index (χ3n) is 3.02. The van der Waals surface area contributed by atoms with E-state index >= 15 is 0 Å². The molecule has 0 radical (unpaired) electrons. The summed E-state index contributed by atoms with van der Waals surface area (Å²) in [6.45, 7) is 8.02. The number of halogens is 2. The number of nitrogens with zero attached hydrogens (tertiary/aromatic N) is 1. The van der Waals surface area contributed by atoms with Crippen molar-refractivity contribution in [3.63, 3.8) is 0 Å². The van der Waals surface area contributed by atoms with Crippen LogP contribution in [0.2, 0.25) is 5.02 Å². The first-order valence-electron chi connectivity index (χ1n) is 6.08. The van der Waals surface area contributed by atoms with E-state index in [4.69, 9.17) is 17.3 Å². The van der Waals surface area contributed by atoms with Gasteiger partial charge in [0, 0.05) is 18.1 Å². The molecule has 0 bridgehead atoms. The Balaban J connectivity index is 2.76. The summed E-state index contributed by atoms with van der Waals surface area (Å²) < 4.78 is 13.5.